The maximum Gasteiger partial charge on any atom is 0.237 e. The summed E-state index contributed by atoms with van der Waals surface area (Å²) in [7, 11) is 1.70. The zero-order chi connectivity index (χ0) is 15.1. The van der Waals surface area contributed by atoms with E-state index in [9.17, 15) is 4.79 Å². The summed E-state index contributed by atoms with van der Waals surface area (Å²) < 4.78 is 5.12. The molecule has 5 nitrogen and oxygen atoms in total. The van der Waals surface area contributed by atoms with Gasteiger partial charge in [0.15, 0.2) is 0 Å². The SMILES string of the molecule is CCN(CCOC)C(C)CC(C)(NC(C)C)C(N)=O. The zero-order valence-corrected chi connectivity index (χ0v) is 13.3. The quantitative estimate of drug-likeness (QED) is 0.622. The summed E-state index contributed by atoms with van der Waals surface area (Å²) in [6.45, 7) is 12.7. The minimum absolute atomic E-state index is 0.221. The minimum Gasteiger partial charge on any atom is -0.383 e. The predicted molar refractivity (Wildman–Crippen MR) is 79.1 cm³/mol. The highest BCUT2D eigenvalue weighted by Gasteiger charge is 2.34. The van der Waals surface area contributed by atoms with Crippen molar-refractivity contribution in [2.75, 3.05) is 26.8 Å². The Morgan fingerprint density at radius 2 is 2.00 bits per heavy atom. The van der Waals surface area contributed by atoms with Gasteiger partial charge in [-0.2, -0.15) is 0 Å². The molecule has 3 N–H and O–H groups in total. The molecule has 19 heavy (non-hydrogen) atoms. The maximum absolute atomic E-state index is 11.7. The summed E-state index contributed by atoms with van der Waals surface area (Å²) >= 11 is 0. The third-order valence-electron chi connectivity index (χ3n) is 3.47. The van der Waals surface area contributed by atoms with Crippen LogP contribution in [0.1, 0.15) is 41.0 Å². The Balaban J connectivity index is 4.68. The monoisotopic (exact) mass is 273 g/mol. The number of likely N-dealkylation sites (N-methyl/N-ethyl adjacent to an activating group) is 1. The lowest BCUT2D eigenvalue weighted by Gasteiger charge is -2.36. The Bertz CT molecular complexity index is 271. The van der Waals surface area contributed by atoms with Crippen molar-refractivity contribution >= 4 is 5.91 Å². The van der Waals surface area contributed by atoms with E-state index in [1.807, 2.05) is 20.8 Å². The summed E-state index contributed by atoms with van der Waals surface area (Å²) in [5.74, 6) is -0.296. The molecule has 1 amide bonds. The molecule has 0 rings (SSSR count). The van der Waals surface area contributed by atoms with Gasteiger partial charge in [0.25, 0.3) is 0 Å². The fraction of sp³-hybridized carbons (Fsp3) is 0.929. The van der Waals surface area contributed by atoms with E-state index in [1.165, 1.54) is 0 Å². The number of rotatable bonds is 10. The molecule has 0 fully saturated rings. The van der Waals surface area contributed by atoms with Gasteiger partial charge in [0.05, 0.1) is 12.1 Å². The van der Waals surface area contributed by atoms with Gasteiger partial charge in [-0.3, -0.25) is 9.69 Å². The molecule has 114 valence electrons. The predicted octanol–water partition coefficient (Wildman–Crippen LogP) is 0.975. The van der Waals surface area contributed by atoms with Crippen LogP contribution < -0.4 is 11.1 Å². The Morgan fingerprint density at radius 3 is 2.37 bits per heavy atom. The minimum atomic E-state index is -0.673. The van der Waals surface area contributed by atoms with Crippen LogP contribution in [0.5, 0.6) is 0 Å². The fourth-order valence-electron chi connectivity index (χ4n) is 2.49. The Morgan fingerprint density at radius 1 is 1.42 bits per heavy atom. The molecule has 0 aromatic rings. The van der Waals surface area contributed by atoms with Crippen molar-refractivity contribution < 1.29 is 9.53 Å². The second-order valence-electron chi connectivity index (χ2n) is 5.67. The lowest BCUT2D eigenvalue weighted by molar-refractivity contribution is -0.125. The Labute approximate surface area is 117 Å². The molecular formula is C14H31N3O2. The molecule has 2 unspecified atom stereocenters. The number of nitrogens with one attached hydrogen (secondary N) is 1. The molecule has 0 radical (unpaired) electrons. The van der Waals surface area contributed by atoms with Crippen molar-refractivity contribution in [2.45, 2.75) is 58.7 Å². The van der Waals surface area contributed by atoms with Crippen LogP contribution in [0.15, 0.2) is 0 Å². The summed E-state index contributed by atoms with van der Waals surface area (Å²) in [5, 5.41) is 3.29. The van der Waals surface area contributed by atoms with Crippen LogP contribution in [-0.4, -0.2) is 55.2 Å². The van der Waals surface area contributed by atoms with Gasteiger partial charge in [0, 0.05) is 25.7 Å². The summed E-state index contributed by atoms with van der Waals surface area (Å²) in [4.78, 5) is 14.0. The summed E-state index contributed by atoms with van der Waals surface area (Å²) in [5.41, 5.74) is 4.89. The van der Waals surface area contributed by atoms with E-state index in [0.29, 0.717) is 13.0 Å². The lowest BCUT2D eigenvalue weighted by Crippen LogP contribution is -2.58. The number of ether oxygens (including phenoxy) is 1. The number of hydrogen-bond donors (Lipinski definition) is 2. The van der Waals surface area contributed by atoms with E-state index < -0.39 is 5.54 Å². The van der Waals surface area contributed by atoms with Gasteiger partial charge in [-0.15, -0.1) is 0 Å². The highest BCUT2D eigenvalue weighted by atomic mass is 16.5. The van der Waals surface area contributed by atoms with E-state index in [-0.39, 0.29) is 18.0 Å². The van der Waals surface area contributed by atoms with Gasteiger partial charge in [0.2, 0.25) is 5.91 Å². The van der Waals surface area contributed by atoms with Crippen LogP contribution in [0.25, 0.3) is 0 Å². The standard InChI is InChI=1S/C14H31N3O2/c1-7-17(8-9-19-6)12(4)10-14(5,13(15)18)16-11(2)3/h11-12,16H,7-10H2,1-6H3,(H2,15,18). The van der Waals surface area contributed by atoms with Crippen molar-refractivity contribution in [2.24, 2.45) is 5.73 Å². The molecule has 0 heterocycles. The first-order valence-corrected chi connectivity index (χ1v) is 7.07. The number of carbonyl (C=O) groups is 1. The smallest absolute Gasteiger partial charge is 0.237 e. The molecule has 2 atom stereocenters. The van der Waals surface area contributed by atoms with E-state index >= 15 is 0 Å². The van der Waals surface area contributed by atoms with Crippen LogP contribution >= 0.6 is 0 Å². The van der Waals surface area contributed by atoms with E-state index in [0.717, 1.165) is 13.1 Å². The van der Waals surface area contributed by atoms with Crippen molar-refractivity contribution in [1.82, 2.24) is 10.2 Å². The number of methoxy groups -OCH3 is 1. The Hall–Kier alpha value is -0.650. The van der Waals surface area contributed by atoms with Gasteiger partial charge in [-0.1, -0.05) is 6.92 Å². The van der Waals surface area contributed by atoms with E-state index in [4.69, 9.17) is 10.5 Å². The molecule has 0 aromatic carbocycles. The topological polar surface area (TPSA) is 67.6 Å². The average molecular weight is 273 g/mol. The van der Waals surface area contributed by atoms with Crippen LogP contribution in [0.2, 0.25) is 0 Å². The second kappa shape index (κ2) is 8.51. The third kappa shape index (κ3) is 6.36. The first kappa shape index (κ1) is 18.4. The number of hydrogen-bond acceptors (Lipinski definition) is 4. The Kier molecular flexibility index (Phi) is 8.22. The molecule has 5 heteroatoms. The fourth-order valence-corrected chi connectivity index (χ4v) is 2.49. The van der Waals surface area contributed by atoms with E-state index in [2.05, 4.69) is 24.1 Å². The van der Waals surface area contributed by atoms with Crippen molar-refractivity contribution in [3.63, 3.8) is 0 Å². The maximum atomic E-state index is 11.7. The van der Waals surface area contributed by atoms with Crippen LogP contribution in [0.3, 0.4) is 0 Å². The molecule has 0 aromatic heterocycles. The van der Waals surface area contributed by atoms with Gasteiger partial charge in [-0.05, 0) is 40.7 Å². The molecule has 0 saturated heterocycles. The average Bonchev–Trinajstić information content (AvgIpc) is 2.28. The largest absolute Gasteiger partial charge is 0.383 e. The van der Waals surface area contributed by atoms with E-state index in [1.54, 1.807) is 7.11 Å². The number of amides is 1. The van der Waals surface area contributed by atoms with Crippen LogP contribution in [0, 0.1) is 0 Å². The highest BCUT2D eigenvalue weighted by molar-refractivity contribution is 5.84. The molecule has 0 aliphatic carbocycles. The highest BCUT2D eigenvalue weighted by Crippen LogP contribution is 2.17. The number of primary amides is 1. The van der Waals surface area contributed by atoms with Crippen molar-refractivity contribution in [1.29, 1.82) is 0 Å². The summed E-state index contributed by atoms with van der Waals surface area (Å²) in [6, 6.07) is 0.489. The first-order valence-electron chi connectivity index (χ1n) is 7.07. The molecule has 0 spiro atoms. The van der Waals surface area contributed by atoms with Gasteiger partial charge < -0.3 is 15.8 Å². The third-order valence-corrected chi connectivity index (χ3v) is 3.47. The number of carbonyl (C=O) groups excluding carboxylic acids is 1. The molecule has 0 aliphatic heterocycles. The number of nitrogens with two attached hydrogens (primary N) is 1. The normalized spacial score (nSPS) is 16.6. The second-order valence-corrected chi connectivity index (χ2v) is 5.67. The lowest BCUT2D eigenvalue weighted by atomic mass is 9.91. The van der Waals surface area contributed by atoms with Crippen molar-refractivity contribution in [3.05, 3.63) is 0 Å². The summed E-state index contributed by atoms with van der Waals surface area (Å²) in [6.07, 6.45) is 0.693. The van der Waals surface area contributed by atoms with Gasteiger partial charge in [0.1, 0.15) is 0 Å². The van der Waals surface area contributed by atoms with Gasteiger partial charge in [-0.25, -0.2) is 0 Å². The van der Waals surface area contributed by atoms with Crippen LogP contribution in [-0.2, 0) is 9.53 Å². The number of nitrogens with zero attached hydrogens (tertiary/aromatic N) is 1. The zero-order valence-electron chi connectivity index (χ0n) is 13.3. The molecule has 0 saturated carbocycles. The molecule has 0 aliphatic rings. The van der Waals surface area contributed by atoms with Gasteiger partial charge >= 0.3 is 0 Å². The molecule has 0 bridgehead atoms. The van der Waals surface area contributed by atoms with Crippen molar-refractivity contribution in [3.8, 4) is 0 Å². The molecular weight excluding hydrogens is 242 g/mol. The first-order chi connectivity index (χ1) is 8.76. The van der Waals surface area contributed by atoms with Crippen LogP contribution in [0.4, 0.5) is 0 Å².